The molecule has 0 saturated heterocycles. The number of allylic oxidation sites excluding steroid dienone is 3. The lowest BCUT2D eigenvalue weighted by atomic mass is 9.80. The molecule has 2 aromatic carbocycles. The lowest BCUT2D eigenvalue weighted by Gasteiger charge is -2.35. The molecule has 0 fully saturated rings. The monoisotopic (exact) mass is 418 g/mol. The number of ketones is 1. The molecule has 156 valence electrons. The average Bonchev–Trinajstić information content (AvgIpc) is 3.20. The number of rotatable bonds is 3. The minimum absolute atomic E-state index is 0.152. The standard InChI is InChI=1S/C27H22N4O/c32-24-16-19(13-12-18-7-2-1-3-8-18)15-22-25(24)26(20-9-6-14-28-17-20)31-23-11-5-4-10-21(23)29-27(31)30-22/h1-14,17,19,26H,15-16H2,(H,29,30)/b13-12+/t19-,26+/m0/s1. The summed E-state index contributed by atoms with van der Waals surface area (Å²) < 4.78 is 2.14. The highest BCUT2D eigenvalue weighted by Gasteiger charge is 2.38. The molecule has 0 bridgehead atoms. The van der Waals surface area contributed by atoms with Crippen molar-refractivity contribution in [2.45, 2.75) is 18.9 Å². The number of benzene rings is 2. The van der Waals surface area contributed by atoms with Gasteiger partial charge in [-0.2, -0.15) is 0 Å². The molecule has 2 aliphatic rings. The lowest BCUT2D eigenvalue weighted by molar-refractivity contribution is -0.117. The van der Waals surface area contributed by atoms with Crippen LogP contribution in [0.5, 0.6) is 0 Å². The number of anilines is 1. The van der Waals surface area contributed by atoms with Gasteiger partial charge in [0.25, 0.3) is 0 Å². The van der Waals surface area contributed by atoms with Crippen LogP contribution < -0.4 is 5.32 Å². The van der Waals surface area contributed by atoms with Crippen LogP contribution in [0.2, 0.25) is 0 Å². The number of carbonyl (C=O) groups excluding carboxylic acids is 1. The highest BCUT2D eigenvalue weighted by Crippen LogP contribution is 2.44. The Morgan fingerprint density at radius 3 is 2.66 bits per heavy atom. The Kier molecular flexibility index (Phi) is 4.46. The molecule has 5 heteroatoms. The highest BCUT2D eigenvalue weighted by atomic mass is 16.1. The van der Waals surface area contributed by atoms with E-state index in [2.05, 4.69) is 45.2 Å². The first-order chi connectivity index (χ1) is 15.8. The maximum atomic E-state index is 13.5. The zero-order valence-electron chi connectivity index (χ0n) is 17.5. The Morgan fingerprint density at radius 1 is 0.969 bits per heavy atom. The van der Waals surface area contributed by atoms with E-state index < -0.39 is 0 Å². The number of hydrogen-bond acceptors (Lipinski definition) is 4. The van der Waals surface area contributed by atoms with Gasteiger partial charge in [-0.3, -0.25) is 14.3 Å². The van der Waals surface area contributed by atoms with Crippen LogP contribution in [0.4, 0.5) is 5.95 Å². The van der Waals surface area contributed by atoms with Gasteiger partial charge in [0.1, 0.15) is 0 Å². The van der Waals surface area contributed by atoms with Gasteiger partial charge in [-0.15, -0.1) is 0 Å². The Morgan fingerprint density at radius 2 is 1.81 bits per heavy atom. The number of imidazole rings is 1. The van der Waals surface area contributed by atoms with Crippen molar-refractivity contribution in [3.8, 4) is 0 Å². The zero-order chi connectivity index (χ0) is 21.5. The molecule has 2 aromatic heterocycles. The summed E-state index contributed by atoms with van der Waals surface area (Å²) in [6, 6.07) is 22.0. The summed E-state index contributed by atoms with van der Waals surface area (Å²) in [6.45, 7) is 0. The fourth-order valence-corrected chi connectivity index (χ4v) is 4.86. The van der Waals surface area contributed by atoms with Crippen molar-refractivity contribution < 1.29 is 4.79 Å². The van der Waals surface area contributed by atoms with Crippen molar-refractivity contribution >= 4 is 28.8 Å². The van der Waals surface area contributed by atoms with E-state index in [9.17, 15) is 4.79 Å². The Labute approximate surface area is 186 Å². The van der Waals surface area contributed by atoms with Gasteiger partial charge in [0.2, 0.25) is 5.95 Å². The number of hydrogen-bond donors (Lipinski definition) is 1. The molecule has 1 N–H and O–H groups in total. The van der Waals surface area contributed by atoms with Gasteiger partial charge in [0.05, 0.1) is 17.1 Å². The van der Waals surface area contributed by atoms with Crippen LogP contribution in [0.3, 0.4) is 0 Å². The molecule has 0 unspecified atom stereocenters. The molecule has 5 nitrogen and oxygen atoms in total. The van der Waals surface area contributed by atoms with Gasteiger partial charge in [-0.05, 0) is 41.7 Å². The van der Waals surface area contributed by atoms with Crippen LogP contribution in [0.1, 0.15) is 30.0 Å². The van der Waals surface area contributed by atoms with E-state index in [1.165, 1.54) is 0 Å². The topological polar surface area (TPSA) is 59.8 Å². The van der Waals surface area contributed by atoms with Crippen molar-refractivity contribution in [2.75, 3.05) is 5.32 Å². The molecule has 1 aliphatic heterocycles. The van der Waals surface area contributed by atoms with Crippen LogP contribution >= 0.6 is 0 Å². The van der Waals surface area contributed by atoms with Crippen molar-refractivity contribution in [1.82, 2.24) is 14.5 Å². The Hall–Kier alpha value is -3.99. The molecular weight excluding hydrogens is 396 g/mol. The van der Waals surface area contributed by atoms with E-state index in [4.69, 9.17) is 4.98 Å². The maximum absolute atomic E-state index is 13.5. The van der Waals surface area contributed by atoms with E-state index >= 15 is 0 Å². The van der Waals surface area contributed by atoms with Crippen molar-refractivity contribution in [1.29, 1.82) is 0 Å². The molecule has 32 heavy (non-hydrogen) atoms. The van der Waals surface area contributed by atoms with Gasteiger partial charge in [0, 0.05) is 30.1 Å². The zero-order valence-corrected chi connectivity index (χ0v) is 17.5. The number of fused-ring (bicyclic) bond motifs is 3. The third kappa shape index (κ3) is 3.14. The normalized spacial score (nSPS) is 20.3. The first kappa shape index (κ1) is 18.8. The van der Waals surface area contributed by atoms with Crippen LogP contribution in [0.15, 0.2) is 96.5 Å². The van der Waals surface area contributed by atoms with Crippen LogP contribution in [0, 0.1) is 5.92 Å². The predicted octanol–water partition coefficient (Wildman–Crippen LogP) is 5.39. The fourth-order valence-electron chi connectivity index (χ4n) is 4.86. The number of Topliss-reactive ketones (excluding diaryl/α,β-unsaturated/α-hetero) is 1. The number of para-hydroxylation sites is 2. The van der Waals surface area contributed by atoms with Crippen molar-refractivity contribution in [2.24, 2.45) is 5.92 Å². The van der Waals surface area contributed by atoms with Crippen LogP contribution in [0.25, 0.3) is 17.1 Å². The van der Waals surface area contributed by atoms with E-state index in [0.29, 0.717) is 6.42 Å². The Bertz CT molecular complexity index is 1370. The highest BCUT2D eigenvalue weighted by molar-refractivity contribution is 6.00. The molecule has 6 rings (SSSR count). The van der Waals surface area contributed by atoms with E-state index in [0.717, 1.165) is 45.8 Å². The summed E-state index contributed by atoms with van der Waals surface area (Å²) in [7, 11) is 0. The summed E-state index contributed by atoms with van der Waals surface area (Å²) in [4.78, 5) is 22.7. The SMILES string of the molecule is O=C1C[C@@H](/C=C/c2ccccc2)CC2=C1[C@@H](c1cccnc1)n1c(nc3ccccc31)N2. The third-order valence-corrected chi connectivity index (χ3v) is 6.29. The van der Waals surface area contributed by atoms with E-state index in [1.807, 2.05) is 54.7 Å². The fraction of sp³-hybridized carbons (Fsp3) is 0.148. The molecular formula is C27H22N4O. The number of nitrogens with zero attached hydrogens (tertiary/aromatic N) is 3. The molecule has 0 saturated carbocycles. The first-order valence-electron chi connectivity index (χ1n) is 10.9. The molecule has 0 radical (unpaired) electrons. The summed E-state index contributed by atoms with van der Waals surface area (Å²) in [6.07, 6.45) is 9.18. The first-order valence-corrected chi connectivity index (χ1v) is 10.9. The summed E-state index contributed by atoms with van der Waals surface area (Å²) in [5.74, 6) is 1.11. The molecule has 2 atom stereocenters. The minimum Gasteiger partial charge on any atom is -0.329 e. The van der Waals surface area contributed by atoms with E-state index in [-0.39, 0.29) is 17.7 Å². The second-order valence-corrected chi connectivity index (χ2v) is 8.36. The van der Waals surface area contributed by atoms with Crippen molar-refractivity contribution in [3.05, 3.63) is 108 Å². The molecule has 1 aliphatic carbocycles. The molecule has 3 heterocycles. The average molecular weight is 419 g/mol. The second kappa shape index (κ2) is 7.61. The lowest BCUT2D eigenvalue weighted by Crippen LogP contribution is -2.33. The largest absolute Gasteiger partial charge is 0.329 e. The quantitative estimate of drug-likeness (QED) is 0.484. The van der Waals surface area contributed by atoms with Gasteiger partial charge in [0.15, 0.2) is 5.78 Å². The number of nitrogens with one attached hydrogen (secondary N) is 1. The van der Waals surface area contributed by atoms with Crippen molar-refractivity contribution in [3.63, 3.8) is 0 Å². The second-order valence-electron chi connectivity index (χ2n) is 8.36. The van der Waals surface area contributed by atoms with Crippen LogP contribution in [-0.4, -0.2) is 20.3 Å². The third-order valence-electron chi connectivity index (χ3n) is 6.29. The van der Waals surface area contributed by atoms with Gasteiger partial charge in [-0.25, -0.2) is 4.98 Å². The maximum Gasteiger partial charge on any atom is 0.209 e. The number of pyridine rings is 1. The number of aromatic nitrogens is 3. The summed E-state index contributed by atoms with van der Waals surface area (Å²) in [5.41, 5.74) is 5.87. The minimum atomic E-state index is -0.228. The molecule has 0 amide bonds. The van der Waals surface area contributed by atoms with E-state index in [1.54, 1.807) is 6.20 Å². The summed E-state index contributed by atoms with van der Waals surface area (Å²) >= 11 is 0. The number of carbonyl (C=O) groups is 1. The van der Waals surface area contributed by atoms with Gasteiger partial charge in [-0.1, -0.05) is 60.7 Å². The predicted molar refractivity (Wildman–Crippen MR) is 126 cm³/mol. The Balaban J connectivity index is 1.44. The summed E-state index contributed by atoms with van der Waals surface area (Å²) in [5, 5.41) is 3.50. The van der Waals surface area contributed by atoms with Gasteiger partial charge < -0.3 is 5.32 Å². The molecule has 4 aromatic rings. The van der Waals surface area contributed by atoms with Gasteiger partial charge >= 0.3 is 0 Å². The van der Waals surface area contributed by atoms with Crippen LogP contribution in [-0.2, 0) is 4.79 Å². The molecule has 0 spiro atoms. The smallest absolute Gasteiger partial charge is 0.209 e.